The largest absolute Gasteiger partial charge is 0.393 e. The smallest absolute Gasteiger partial charge is 0.319 e. The number of amides is 2. The number of nitrogens with one attached hydrogen (secondary N) is 2. The first kappa shape index (κ1) is 17.0. The zero-order valence-corrected chi connectivity index (χ0v) is 13.5. The van der Waals surface area contributed by atoms with Gasteiger partial charge in [-0.15, -0.1) is 0 Å². The van der Waals surface area contributed by atoms with Gasteiger partial charge in [0.15, 0.2) is 11.6 Å². The number of carbonyl (C=O) groups is 1. The van der Waals surface area contributed by atoms with E-state index in [1.54, 1.807) is 4.90 Å². The molecule has 1 heterocycles. The average Bonchev–Trinajstić information content (AvgIpc) is 3.03. The Hall–Kier alpha value is -1.89. The van der Waals surface area contributed by atoms with Gasteiger partial charge in [0.05, 0.1) is 6.10 Å². The van der Waals surface area contributed by atoms with Crippen LogP contribution < -0.4 is 15.5 Å². The number of anilines is 2. The summed E-state index contributed by atoms with van der Waals surface area (Å²) in [5, 5.41) is 14.7. The number of nitrogens with zero attached hydrogens (tertiary/aromatic N) is 1. The quantitative estimate of drug-likeness (QED) is 0.793. The highest BCUT2D eigenvalue weighted by atomic mass is 19.1. The van der Waals surface area contributed by atoms with Crippen LogP contribution in [-0.4, -0.2) is 36.4 Å². The van der Waals surface area contributed by atoms with Crippen molar-refractivity contribution in [2.45, 2.75) is 50.7 Å². The van der Waals surface area contributed by atoms with Gasteiger partial charge in [0.1, 0.15) is 5.69 Å². The summed E-state index contributed by atoms with van der Waals surface area (Å²) >= 11 is 0. The monoisotopic (exact) mass is 339 g/mol. The lowest BCUT2D eigenvalue weighted by molar-refractivity contribution is 0.118. The van der Waals surface area contributed by atoms with E-state index in [4.69, 9.17) is 0 Å². The van der Waals surface area contributed by atoms with Crippen molar-refractivity contribution in [1.82, 2.24) is 5.32 Å². The number of benzene rings is 1. The van der Waals surface area contributed by atoms with Crippen molar-refractivity contribution in [3.05, 3.63) is 23.8 Å². The number of urea groups is 1. The van der Waals surface area contributed by atoms with Gasteiger partial charge in [-0.05, 0) is 50.7 Å². The Labute approximate surface area is 140 Å². The first-order valence-electron chi connectivity index (χ1n) is 8.52. The van der Waals surface area contributed by atoms with Gasteiger partial charge in [0.2, 0.25) is 0 Å². The summed E-state index contributed by atoms with van der Waals surface area (Å²) in [7, 11) is 0. The number of halogens is 2. The second kappa shape index (κ2) is 7.34. The third-order valence-corrected chi connectivity index (χ3v) is 4.73. The number of aliphatic hydroxyl groups is 1. The third kappa shape index (κ3) is 3.95. The Balaban J connectivity index is 1.61. The summed E-state index contributed by atoms with van der Waals surface area (Å²) in [5.41, 5.74) is 0.0843. The summed E-state index contributed by atoms with van der Waals surface area (Å²) < 4.78 is 28.5. The first-order valence-corrected chi connectivity index (χ1v) is 8.52. The highest BCUT2D eigenvalue weighted by Gasteiger charge is 2.23. The SMILES string of the molecule is O=C(Nc1cc(F)c(N2CCCC2)c(F)c1)NC1CCC(O)CC1. The molecule has 3 rings (SSSR count). The normalized spacial score (nSPS) is 24.0. The summed E-state index contributed by atoms with van der Waals surface area (Å²) in [4.78, 5) is 13.7. The van der Waals surface area contributed by atoms with Gasteiger partial charge in [-0.3, -0.25) is 0 Å². The van der Waals surface area contributed by atoms with Gasteiger partial charge in [-0.2, -0.15) is 0 Å². The van der Waals surface area contributed by atoms with Crippen molar-refractivity contribution in [2.24, 2.45) is 0 Å². The maximum absolute atomic E-state index is 14.2. The number of rotatable bonds is 3. The van der Waals surface area contributed by atoms with E-state index in [1.165, 1.54) is 0 Å². The minimum atomic E-state index is -0.659. The van der Waals surface area contributed by atoms with E-state index >= 15 is 0 Å². The molecule has 1 aromatic carbocycles. The highest BCUT2D eigenvalue weighted by molar-refractivity contribution is 5.89. The van der Waals surface area contributed by atoms with E-state index in [0.717, 1.165) is 25.0 Å². The topological polar surface area (TPSA) is 64.6 Å². The van der Waals surface area contributed by atoms with Gasteiger partial charge in [0, 0.05) is 24.8 Å². The molecule has 24 heavy (non-hydrogen) atoms. The van der Waals surface area contributed by atoms with Gasteiger partial charge >= 0.3 is 6.03 Å². The van der Waals surface area contributed by atoms with Crippen molar-refractivity contribution < 1.29 is 18.7 Å². The maximum Gasteiger partial charge on any atom is 0.319 e. The zero-order valence-electron chi connectivity index (χ0n) is 13.5. The van der Waals surface area contributed by atoms with Crippen molar-refractivity contribution in [2.75, 3.05) is 23.3 Å². The molecule has 0 spiro atoms. The maximum atomic E-state index is 14.2. The molecule has 2 fully saturated rings. The fourth-order valence-electron chi connectivity index (χ4n) is 3.45. The molecule has 7 heteroatoms. The number of carbonyl (C=O) groups excluding carboxylic acids is 1. The van der Waals surface area contributed by atoms with Crippen LogP contribution in [-0.2, 0) is 0 Å². The second-order valence-corrected chi connectivity index (χ2v) is 6.59. The molecule has 2 amide bonds. The first-order chi connectivity index (χ1) is 11.5. The van der Waals surface area contributed by atoms with Crippen LogP contribution in [0.5, 0.6) is 0 Å². The molecule has 5 nitrogen and oxygen atoms in total. The van der Waals surface area contributed by atoms with E-state index in [-0.39, 0.29) is 23.5 Å². The van der Waals surface area contributed by atoms with Crippen molar-refractivity contribution in [3.8, 4) is 0 Å². The molecule has 0 bridgehead atoms. The lowest BCUT2D eigenvalue weighted by Gasteiger charge is -2.26. The van der Waals surface area contributed by atoms with E-state index < -0.39 is 17.7 Å². The Morgan fingerprint density at radius 3 is 2.25 bits per heavy atom. The molecular formula is C17H23F2N3O2. The summed E-state index contributed by atoms with van der Waals surface area (Å²) in [5.74, 6) is -1.32. The molecule has 1 saturated heterocycles. The Morgan fingerprint density at radius 1 is 1.08 bits per heavy atom. The molecule has 1 saturated carbocycles. The summed E-state index contributed by atoms with van der Waals surface area (Å²) in [6, 6.07) is 1.80. The Morgan fingerprint density at radius 2 is 1.67 bits per heavy atom. The van der Waals surface area contributed by atoms with Gasteiger partial charge < -0.3 is 20.6 Å². The lowest BCUT2D eigenvalue weighted by Crippen LogP contribution is -2.40. The second-order valence-electron chi connectivity index (χ2n) is 6.59. The fraction of sp³-hybridized carbons (Fsp3) is 0.588. The lowest BCUT2D eigenvalue weighted by atomic mass is 9.93. The van der Waals surface area contributed by atoms with Crippen LogP contribution in [0.2, 0.25) is 0 Å². The number of hydrogen-bond acceptors (Lipinski definition) is 3. The van der Waals surface area contributed by atoms with Crippen LogP contribution in [0.25, 0.3) is 0 Å². The molecule has 1 aromatic rings. The summed E-state index contributed by atoms with van der Waals surface area (Å²) in [6.45, 7) is 1.29. The Kier molecular flexibility index (Phi) is 5.18. The number of aliphatic hydroxyl groups excluding tert-OH is 1. The predicted molar refractivity (Wildman–Crippen MR) is 88.2 cm³/mol. The van der Waals surface area contributed by atoms with Gasteiger partial charge in [0.25, 0.3) is 0 Å². The van der Waals surface area contributed by atoms with Gasteiger partial charge in [-0.1, -0.05) is 0 Å². The van der Waals surface area contributed by atoms with Crippen LogP contribution in [0.15, 0.2) is 12.1 Å². The van der Waals surface area contributed by atoms with Crippen molar-refractivity contribution in [1.29, 1.82) is 0 Å². The van der Waals surface area contributed by atoms with Crippen LogP contribution in [0, 0.1) is 11.6 Å². The molecule has 0 unspecified atom stereocenters. The van der Waals surface area contributed by atoms with Crippen molar-refractivity contribution >= 4 is 17.4 Å². The average molecular weight is 339 g/mol. The minimum Gasteiger partial charge on any atom is -0.393 e. The van der Waals surface area contributed by atoms with E-state index in [2.05, 4.69) is 10.6 Å². The summed E-state index contributed by atoms with van der Waals surface area (Å²) in [6.07, 6.45) is 4.26. The number of hydrogen-bond donors (Lipinski definition) is 3. The molecule has 2 aliphatic rings. The van der Waals surface area contributed by atoms with Crippen LogP contribution in [0.1, 0.15) is 38.5 Å². The standard InChI is InChI=1S/C17H23F2N3O2/c18-14-9-12(10-15(19)16(14)22-7-1-2-8-22)21-17(24)20-11-3-5-13(23)6-4-11/h9-11,13,23H,1-8H2,(H2,20,21,24). The molecular weight excluding hydrogens is 316 g/mol. The zero-order chi connectivity index (χ0) is 17.1. The highest BCUT2D eigenvalue weighted by Crippen LogP contribution is 2.29. The third-order valence-electron chi connectivity index (χ3n) is 4.73. The minimum absolute atomic E-state index is 0.0141. The van der Waals surface area contributed by atoms with Crippen LogP contribution in [0.3, 0.4) is 0 Å². The molecule has 0 aromatic heterocycles. The fourth-order valence-corrected chi connectivity index (χ4v) is 3.45. The van der Waals surface area contributed by atoms with E-state index in [1.807, 2.05) is 0 Å². The Bertz CT molecular complexity index is 574. The van der Waals surface area contributed by atoms with Crippen molar-refractivity contribution in [3.63, 3.8) is 0 Å². The molecule has 1 aliphatic heterocycles. The van der Waals surface area contributed by atoms with Crippen LogP contribution >= 0.6 is 0 Å². The van der Waals surface area contributed by atoms with Gasteiger partial charge in [-0.25, -0.2) is 13.6 Å². The molecule has 132 valence electrons. The molecule has 1 aliphatic carbocycles. The molecule has 0 radical (unpaired) electrons. The molecule has 0 atom stereocenters. The van der Waals surface area contributed by atoms with E-state index in [9.17, 15) is 18.7 Å². The predicted octanol–water partition coefficient (Wildman–Crippen LogP) is 2.99. The molecule has 3 N–H and O–H groups in total. The van der Waals surface area contributed by atoms with E-state index in [0.29, 0.717) is 38.8 Å². The van der Waals surface area contributed by atoms with Crippen LogP contribution in [0.4, 0.5) is 25.0 Å².